The van der Waals surface area contributed by atoms with Gasteiger partial charge >= 0.3 is 0 Å². The monoisotopic (exact) mass is 373 g/mol. The van der Waals surface area contributed by atoms with Crippen LogP contribution >= 0.6 is 11.3 Å². The van der Waals surface area contributed by atoms with Crippen LogP contribution in [-0.4, -0.2) is 25.8 Å². The van der Waals surface area contributed by atoms with E-state index in [9.17, 15) is 4.79 Å². The number of hydrogen-bond acceptors (Lipinski definition) is 6. The van der Waals surface area contributed by atoms with E-state index in [1.165, 1.54) is 11.3 Å². The first-order chi connectivity index (χ1) is 13.3. The third-order valence-electron chi connectivity index (χ3n) is 3.75. The smallest absolute Gasteiger partial charge is 0.230 e. The Labute approximate surface area is 160 Å². The van der Waals surface area contributed by atoms with Crippen molar-refractivity contribution in [1.29, 1.82) is 0 Å². The number of thiazole rings is 1. The molecule has 0 spiro atoms. The summed E-state index contributed by atoms with van der Waals surface area (Å²) in [5.41, 5.74) is 3.00. The summed E-state index contributed by atoms with van der Waals surface area (Å²) in [4.78, 5) is 29.6. The molecule has 1 aromatic carbocycles. The molecule has 4 aromatic rings. The lowest BCUT2D eigenvalue weighted by Gasteiger charge is -2.04. The molecule has 0 bridgehead atoms. The van der Waals surface area contributed by atoms with E-state index >= 15 is 0 Å². The van der Waals surface area contributed by atoms with Gasteiger partial charge in [0.2, 0.25) is 5.91 Å². The molecule has 3 aromatic heterocycles. The van der Waals surface area contributed by atoms with Gasteiger partial charge in [-0.3, -0.25) is 9.78 Å². The zero-order valence-corrected chi connectivity index (χ0v) is 15.1. The molecule has 132 valence electrons. The standard InChI is InChI=1S/C20H15N5OS/c26-18(10-15-13-27-20(25-15)17-8-4-5-9-21-17)24-16-11-22-19(23-12-16)14-6-2-1-3-7-14/h1-9,11-13H,10H2,(H,24,26). The number of aromatic nitrogens is 4. The van der Waals surface area contributed by atoms with E-state index in [1.54, 1.807) is 18.6 Å². The predicted molar refractivity (Wildman–Crippen MR) is 105 cm³/mol. The lowest BCUT2D eigenvalue weighted by Crippen LogP contribution is -2.15. The molecule has 0 unspecified atom stereocenters. The molecule has 0 saturated carbocycles. The molecule has 0 saturated heterocycles. The van der Waals surface area contributed by atoms with Crippen molar-refractivity contribution in [1.82, 2.24) is 19.9 Å². The van der Waals surface area contributed by atoms with Gasteiger partial charge in [0.1, 0.15) is 5.01 Å². The zero-order chi connectivity index (χ0) is 18.5. The SMILES string of the molecule is O=C(Cc1csc(-c2ccccn2)n1)Nc1cnc(-c2ccccc2)nc1. The van der Waals surface area contributed by atoms with Gasteiger partial charge in [0.25, 0.3) is 0 Å². The van der Waals surface area contributed by atoms with Crippen molar-refractivity contribution < 1.29 is 4.79 Å². The second kappa shape index (κ2) is 7.84. The lowest BCUT2D eigenvalue weighted by atomic mass is 10.2. The van der Waals surface area contributed by atoms with Crippen LogP contribution in [0.15, 0.2) is 72.5 Å². The number of hydrogen-bond donors (Lipinski definition) is 1. The fourth-order valence-corrected chi connectivity index (χ4v) is 3.29. The molecule has 0 atom stereocenters. The molecule has 4 rings (SSSR count). The molecule has 27 heavy (non-hydrogen) atoms. The van der Waals surface area contributed by atoms with Crippen LogP contribution in [0, 0.1) is 0 Å². The van der Waals surface area contributed by atoms with Crippen LogP contribution in [-0.2, 0) is 11.2 Å². The van der Waals surface area contributed by atoms with Crippen molar-refractivity contribution >= 4 is 22.9 Å². The number of benzene rings is 1. The van der Waals surface area contributed by atoms with E-state index in [0.717, 1.165) is 16.3 Å². The van der Waals surface area contributed by atoms with Crippen molar-refractivity contribution in [2.24, 2.45) is 0 Å². The third kappa shape index (κ3) is 4.21. The van der Waals surface area contributed by atoms with Crippen molar-refractivity contribution in [3.63, 3.8) is 0 Å². The van der Waals surface area contributed by atoms with Crippen LogP contribution in [0.1, 0.15) is 5.69 Å². The first-order valence-electron chi connectivity index (χ1n) is 8.31. The number of amides is 1. The molecule has 3 heterocycles. The number of anilines is 1. The van der Waals surface area contributed by atoms with Crippen LogP contribution in [0.5, 0.6) is 0 Å². The van der Waals surface area contributed by atoms with Gasteiger partial charge in [-0.15, -0.1) is 11.3 Å². The molecule has 6 nitrogen and oxygen atoms in total. The van der Waals surface area contributed by atoms with Gasteiger partial charge in [-0.05, 0) is 12.1 Å². The van der Waals surface area contributed by atoms with Gasteiger partial charge in [0.05, 0.1) is 35.9 Å². The topological polar surface area (TPSA) is 80.7 Å². The summed E-state index contributed by atoms with van der Waals surface area (Å²) in [5, 5.41) is 5.48. The molecular formula is C20H15N5OS. The fraction of sp³-hybridized carbons (Fsp3) is 0.0500. The lowest BCUT2D eigenvalue weighted by molar-refractivity contribution is -0.115. The van der Waals surface area contributed by atoms with Crippen molar-refractivity contribution in [3.8, 4) is 22.1 Å². The summed E-state index contributed by atoms with van der Waals surface area (Å²) in [7, 11) is 0. The highest BCUT2D eigenvalue weighted by atomic mass is 32.1. The number of pyridine rings is 1. The Morgan fingerprint density at radius 3 is 2.48 bits per heavy atom. The van der Waals surface area contributed by atoms with Gasteiger partial charge in [0.15, 0.2) is 5.82 Å². The largest absolute Gasteiger partial charge is 0.323 e. The van der Waals surface area contributed by atoms with Crippen molar-refractivity contribution in [2.45, 2.75) is 6.42 Å². The molecular weight excluding hydrogens is 358 g/mol. The Morgan fingerprint density at radius 2 is 1.74 bits per heavy atom. The Bertz CT molecular complexity index is 1030. The maximum absolute atomic E-state index is 12.3. The fourth-order valence-electron chi connectivity index (χ4n) is 2.49. The number of carbonyl (C=O) groups is 1. The highest BCUT2D eigenvalue weighted by Gasteiger charge is 2.10. The minimum Gasteiger partial charge on any atom is -0.323 e. The summed E-state index contributed by atoms with van der Waals surface area (Å²) in [6.45, 7) is 0. The Kier molecular flexibility index (Phi) is 4.93. The third-order valence-corrected chi connectivity index (χ3v) is 4.66. The summed E-state index contributed by atoms with van der Waals surface area (Å²) >= 11 is 1.47. The molecule has 0 aliphatic heterocycles. The van der Waals surface area contributed by atoms with Crippen LogP contribution in [0.3, 0.4) is 0 Å². The van der Waals surface area contributed by atoms with Gasteiger partial charge in [-0.1, -0.05) is 36.4 Å². The maximum Gasteiger partial charge on any atom is 0.230 e. The molecule has 1 N–H and O–H groups in total. The average Bonchev–Trinajstić information content (AvgIpc) is 3.18. The first-order valence-corrected chi connectivity index (χ1v) is 9.19. The van der Waals surface area contributed by atoms with Crippen LogP contribution in [0.2, 0.25) is 0 Å². The highest BCUT2D eigenvalue weighted by molar-refractivity contribution is 7.13. The Balaban J connectivity index is 1.39. The van der Waals surface area contributed by atoms with Gasteiger partial charge in [-0.2, -0.15) is 0 Å². The van der Waals surface area contributed by atoms with Gasteiger partial charge in [-0.25, -0.2) is 15.0 Å². The molecule has 0 radical (unpaired) electrons. The maximum atomic E-state index is 12.3. The van der Waals surface area contributed by atoms with Gasteiger partial charge in [0, 0.05) is 17.1 Å². The van der Waals surface area contributed by atoms with E-state index in [-0.39, 0.29) is 12.3 Å². The molecule has 7 heteroatoms. The van der Waals surface area contributed by atoms with E-state index in [2.05, 4.69) is 25.3 Å². The quantitative estimate of drug-likeness (QED) is 0.575. The number of rotatable bonds is 5. The second-order valence-corrected chi connectivity index (χ2v) is 6.60. The minimum atomic E-state index is -0.163. The normalized spacial score (nSPS) is 10.5. The molecule has 0 aliphatic carbocycles. The number of carbonyl (C=O) groups excluding carboxylic acids is 1. The second-order valence-electron chi connectivity index (χ2n) is 5.75. The van der Waals surface area contributed by atoms with E-state index in [1.807, 2.05) is 53.9 Å². The zero-order valence-electron chi connectivity index (χ0n) is 14.2. The van der Waals surface area contributed by atoms with Gasteiger partial charge < -0.3 is 5.32 Å². The summed E-state index contributed by atoms with van der Waals surface area (Å²) < 4.78 is 0. The average molecular weight is 373 g/mol. The van der Waals surface area contributed by atoms with E-state index in [4.69, 9.17) is 0 Å². The molecule has 0 fully saturated rings. The van der Waals surface area contributed by atoms with Crippen LogP contribution in [0.25, 0.3) is 22.1 Å². The highest BCUT2D eigenvalue weighted by Crippen LogP contribution is 2.22. The Hall–Kier alpha value is -3.45. The first kappa shape index (κ1) is 17.0. The molecule has 0 aliphatic rings. The number of nitrogens with zero attached hydrogens (tertiary/aromatic N) is 4. The predicted octanol–water partition coefficient (Wildman–Crippen LogP) is 3.84. The summed E-state index contributed by atoms with van der Waals surface area (Å²) in [5.74, 6) is 0.456. The van der Waals surface area contributed by atoms with E-state index in [0.29, 0.717) is 17.2 Å². The summed E-state index contributed by atoms with van der Waals surface area (Å²) in [6, 6.07) is 15.4. The Morgan fingerprint density at radius 1 is 0.963 bits per heavy atom. The van der Waals surface area contributed by atoms with Crippen molar-refractivity contribution in [3.05, 3.63) is 78.2 Å². The van der Waals surface area contributed by atoms with Crippen molar-refractivity contribution in [2.75, 3.05) is 5.32 Å². The van der Waals surface area contributed by atoms with Crippen LogP contribution < -0.4 is 5.32 Å². The molecule has 1 amide bonds. The number of nitrogens with one attached hydrogen (secondary N) is 1. The summed E-state index contributed by atoms with van der Waals surface area (Å²) in [6.07, 6.45) is 5.12. The minimum absolute atomic E-state index is 0.163. The van der Waals surface area contributed by atoms with Crippen LogP contribution in [0.4, 0.5) is 5.69 Å². The van der Waals surface area contributed by atoms with E-state index < -0.39 is 0 Å².